The first-order valence-electron chi connectivity index (χ1n) is 8.19. The van der Waals surface area contributed by atoms with Crippen LogP contribution in [0.25, 0.3) is 0 Å². The Hall–Kier alpha value is -1.75. The van der Waals surface area contributed by atoms with E-state index in [-0.39, 0.29) is 33.9 Å². The Balaban J connectivity index is -0.0000000950. The number of rotatable bonds is 6. The Morgan fingerprint density at radius 1 is 0.552 bits per heavy atom. The van der Waals surface area contributed by atoms with E-state index in [1.165, 1.54) is 0 Å². The van der Waals surface area contributed by atoms with Gasteiger partial charge in [-0.1, -0.05) is 0 Å². The predicted molar refractivity (Wildman–Crippen MR) is 94.4 cm³/mol. The molecule has 11 heteroatoms. The third kappa shape index (κ3) is 31.2. The smallest absolute Gasteiger partial charge is 0.549 e. The van der Waals surface area contributed by atoms with E-state index in [2.05, 4.69) is 0 Å². The molecular formula is C18H30O10Ti. The largest absolute Gasteiger partial charge is 2.00 e. The van der Waals surface area contributed by atoms with Gasteiger partial charge in [0.1, 0.15) is 35.0 Å². The molecule has 0 aromatic rings. The molecule has 0 aromatic carbocycles. The Morgan fingerprint density at radius 3 is 0.655 bits per heavy atom. The summed E-state index contributed by atoms with van der Waals surface area (Å²) < 4.78 is 0. The predicted octanol–water partition coefficient (Wildman–Crippen LogP) is -2.17. The van der Waals surface area contributed by atoms with Gasteiger partial charge in [0.05, 0.1) is 11.9 Å². The van der Waals surface area contributed by atoms with E-state index in [0.717, 1.165) is 27.7 Å². The van der Waals surface area contributed by atoms with Gasteiger partial charge in [-0.15, -0.1) is 0 Å². The van der Waals surface area contributed by atoms with Crippen LogP contribution < -0.4 is 10.2 Å². The number of carbonyl (C=O) groups excluding carboxylic acids is 6. The molecule has 0 radical (unpaired) electrons. The second kappa shape index (κ2) is 21.0. The van der Waals surface area contributed by atoms with Gasteiger partial charge in [0.2, 0.25) is 0 Å². The van der Waals surface area contributed by atoms with E-state index in [1.807, 2.05) is 0 Å². The first kappa shape index (κ1) is 37.9. The number of carboxylic acids is 2. The average Bonchev–Trinajstić information content (AvgIpc) is 2.33. The minimum absolute atomic E-state index is 0. The van der Waals surface area contributed by atoms with Crippen molar-refractivity contribution in [1.29, 1.82) is 0 Å². The topological polar surface area (TPSA) is 189 Å². The zero-order chi connectivity index (χ0) is 23.8. The van der Waals surface area contributed by atoms with Gasteiger partial charge in [-0.25, -0.2) is 0 Å². The number of Topliss-reactive ketones (excluding diaryl/α,β-unsaturated/α-hetero) is 4. The molecule has 0 fully saturated rings. The van der Waals surface area contributed by atoms with Crippen molar-refractivity contribution < 1.29 is 70.9 Å². The van der Waals surface area contributed by atoms with Crippen LogP contribution in [0.5, 0.6) is 0 Å². The standard InChI is InChI=1S/2C6H8O4.2C3H8O.Ti/c2*1-3(7)5(4(2)8)6(9)10;2*1-3(2)4;/h2*5H,1-2H3,(H,9,10);2*3-4H,1-2H3;/q;;;;+2/p-2. The van der Waals surface area contributed by atoms with Gasteiger partial charge in [0, 0.05) is 12.2 Å². The number of aliphatic hydroxyl groups is 2. The van der Waals surface area contributed by atoms with E-state index < -0.39 is 46.9 Å². The summed E-state index contributed by atoms with van der Waals surface area (Å²) in [5, 5.41) is 36.2. The molecule has 0 unspecified atom stereocenters. The molecule has 10 nitrogen and oxygen atoms in total. The Labute approximate surface area is 185 Å². The summed E-state index contributed by atoms with van der Waals surface area (Å²) in [6.45, 7) is 11.1. The van der Waals surface area contributed by atoms with Gasteiger partial charge in [0.25, 0.3) is 0 Å². The maximum absolute atomic E-state index is 10.4. The Kier molecular flexibility index (Phi) is 27.4. The normalized spacial score (nSPS) is 9.03. The fourth-order valence-electron chi connectivity index (χ4n) is 1.24. The molecule has 0 amide bonds. The summed E-state index contributed by atoms with van der Waals surface area (Å²) in [4.78, 5) is 61.6. The summed E-state index contributed by atoms with van der Waals surface area (Å²) in [7, 11) is 0. The first-order valence-corrected chi connectivity index (χ1v) is 8.19. The second-order valence-electron chi connectivity index (χ2n) is 6.13. The summed E-state index contributed by atoms with van der Waals surface area (Å²) in [6.07, 6.45) is -0.333. The van der Waals surface area contributed by atoms with Crippen molar-refractivity contribution in [2.45, 2.75) is 67.6 Å². The van der Waals surface area contributed by atoms with Crippen LogP contribution in [0.3, 0.4) is 0 Å². The summed E-state index contributed by atoms with van der Waals surface area (Å²) in [5.74, 6) is -9.17. The van der Waals surface area contributed by atoms with E-state index in [4.69, 9.17) is 10.2 Å². The molecule has 0 saturated heterocycles. The molecule has 0 aliphatic heterocycles. The molecule has 0 rings (SSSR count). The number of carboxylic acid groups (broad SMARTS) is 2. The van der Waals surface area contributed by atoms with E-state index in [9.17, 15) is 39.0 Å². The zero-order valence-electron chi connectivity index (χ0n) is 18.0. The van der Waals surface area contributed by atoms with Crippen molar-refractivity contribution in [2.24, 2.45) is 11.8 Å². The third-order valence-corrected chi connectivity index (χ3v) is 2.10. The summed E-state index contributed by atoms with van der Waals surface area (Å²) in [5.41, 5.74) is 0. The molecular weight excluding hydrogens is 424 g/mol. The van der Waals surface area contributed by atoms with E-state index >= 15 is 0 Å². The number of hydrogen-bond donors (Lipinski definition) is 2. The van der Waals surface area contributed by atoms with Gasteiger partial charge in [0.15, 0.2) is 0 Å². The van der Waals surface area contributed by atoms with Gasteiger partial charge < -0.3 is 30.0 Å². The SMILES string of the molecule is CC(=O)C(C(C)=O)C(=O)[O-].CC(=O)C(C(C)=O)C(=O)[O-].CC(C)O.CC(C)O.[Ti+2]. The van der Waals surface area contributed by atoms with Crippen molar-refractivity contribution in [2.75, 3.05) is 0 Å². The number of carbonyl (C=O) groups is 6. The zero-order valence-corrected chi connectivity index (χ0v) is 19.5. The van der Waals surface area contributed by atoms with Crippen molar-refractivity contribution in [1.82, 2.24) is 0 Å². The average molecular weight is 454 g/mol. The first-order chi connectivity index (χ1) is 12.4. The fraction of sp³-hybridized carbons (Fsp3) is 0.667. The van der Waals surface area contributed by atoms with Gasteiger partial charge in [-0.2, -0.15) is 0 Å². The molecule has 0 saturated carbocycles. The Bertz CT molecular complexity index is 421. The van der Waals surface area contributed by atoms with Crippen LogP contribution in [-0.4, -0.2) is 57.5 Å². The quantitative estimate of drug-likeness (QED) is 0.330. The molecule has 29 heavy (non-hydrogen) atoms. The molecule has 0 aliphatic rings. The molecule has 0 atom stereocenters. The summed E-state index contributed by atoms with van der Waals surface area (Å²) in [6, 6.07) is 0. The van der Waals surface area contributed by atoms with Gasteiger partial charge in [-0.3, -0.25) is 19.2 Å². The second-order valence-corrected chi connectivity index (χ2v) is 6.13. The summed E-state index contributed by atoms with van der Waals surface area (Å²) >= 11 is 0. The number of hydrogen-bond acceptors (Lipinski definition) is 10. The van der Waals surface area contributed by atoms with E-state index in [0.29, 0.717) is 0 Å². The van der Waals surface area contributed by atoms with Crippen LogP contribution in [-0.2, 0) is 50.5 Å². The van der Waals surface area contributed by atoms with Gasteiger partial charge in [-0.05, 0) is 55.4 Å². The molecule has 0 aliphatic carbocycles. The Morgan fingerprint density at radius 2 is 0.655 bits per heavy atom. The van der Waals surface area contributed by atoms with Crippen LogP contribution in [0.2, 0.25) is 0 Å². The number of aliphatic carboxylic acids is 2. The van der Waals surface area contributed by atoms with Crippen LogP contribution in [0.4, 0.5) is 0 Å². The van der Waals surface area contributed by atoms with Gasteiger partial charge >= 0.3 is 21.7 Å². The van der Waals surface area contributed by atoms with Crippen LogP contribution >= 0.6 is 0 Å². The molecule has 0 bridgehead atoms. The number of ketones is 4. The fourth-order valence-corrected chi connectivity index (χ4v) is 1.24. The maximum Gasteiger partial charge on any atom is 2.00 e. The monoisotopic (exact) mass is 454 g/mol. The van der Waals surface area contributed by atoms with Crippen molar-refractivity contribution in [3.05, 3.63) is 0 Å². The van der Waals surface area contributed by atoms with Crippen LogP contribution in [0, 0.1) is 11.8 Å². The minimum Gasteiger partial charge on any atom is -0.549 e. The molecule has 0 spiro atoms. The molecule has 0 aromatic heterocycles. The third-order valence-electron chi connectivity index (χ3n) is 2.10. The van der Waals surface area contributed by atoms with Crippen LogP contribution in [0.1, 0.15) is 55.4 Å². The van der Waals surface area contributed by atoms with E-state index in [1.54, 1.807) is 27.7 Å². The minimum atomic E-state index is -1.62. The number of aliphatic hydroxyl groups excluding tert-OH is 2. The molecule has 2 N–H and O–H groups in total. The maximum atomic E-state index is 10.4. The van der Waals surface area contributed by atoms with Crippen LogP contribution in [0.15, 0.2) is 0 Å². The molecule has 0 heterocycles. The molecule has 166 valence electrons. The van der Waals surface area contributed by atoms with Crippen molar-refractivity contribution in [3.8, 4) is 0 Å². The van der Waals surface area contributed by atoms with Crippen molar-refractivity contribution in [3.63, 3.8) is 0 Å². The van der Waals surface area contributed by atoms with Crippen molar-refractivity contribution >= 4 is 35.1 Å².